The number of nitrogens with zero attached hydrogens (tertiary/aromatic N) is 1. The summed E-state index contributed by atoms with van der Waals surface area (Å²) in [5, 5.41) is 4.26. The Morgan fingerprint density at radius 3 is 2.81 bits per heavy atom. The molecule has 0 saturated heterocycles. The Kier molecular flexibility index (Phi) is 3.74. The van der Waals surface area contributed by atoms with Crippen LogP contribution >= 0.6 is 27.3 Å². The van der Waals surface area contributed by atoms with Gasteiger partial charge in [-0.2, -0.15) is 0 Å². The zero-order chi connectivity index (χ0) is 11.5. The third kappa shape index (κ3) is 2.34. The van der Waals surface area contributed by atoms with E-state index >= 15 is 0 Å². The second-order valence-electron chi connectivity index (χ2n) is 3.52. The van der Waals surface area contributed by atoms with Gasteiger partial charge in [0.1, 0.15) is 0 Å². The molecule has 0 spiro atoms. The third-order valence-corrected chi connectivity index (χ3v) is 4.00. The predicted octanol–water partition coefficient (Wildman–Crippen LogP) is 3.60. The largest absolute Gasteiger partial charge is 0.314 e. The zero-order valence-corrected chi connectivity index (χ0v) is 11.7. The molecule has 84 valence electrons. The van der Waals surface area contributed by atoms with Gasteiger partial charge in [0, 0.05) is 16.6 Å². The Bertz CT molecular complexity index is 494. The Morgan fingerprint density at radius 1 is 1.38 bits per heavy atom. The first-order valence-electron chi connectivity index (χ1n) is 5.08. The molecule has 0 radical (unpaired) electrons. The summed E-state index contributed by atoms with van der Waals surface area (Å²) in [6, 6.07) is 8.27. The summed E-state index contributed by atoms with van der Waals surface area (Å²) < 4.78 is 1.12. The average Bonchev–Trinajstić information content (AvgIpc) is 2.61. The van der Waals surface area contributed by atoms with E-state index in [1.54, 1.807) is 11.3 Å². The van der Waals surface area contributed by atoms with Crippen LogP contribution in [0.2, 0.25) is 0 Å². The normalized spacial score (nSPS) is 10.7. The number of nitrogens with one attached hydrogen (secondary N) is 1. The van der Waals surface area contributed by atoms with E-state index in [0.717, 1.165) is 21.7 Å². The van der Waals surface area contributed by atoms with E-state index < -0.39 is 0 Å². The fourth-order valence-corrected chi connectivity index (χ4v) is 3.20. The molecule has 2 nitrogen and oxygen atoms in total. The van der Waals surface area contributed by atoms with Crippen molar-refractivity contribution in [1.29, 1.82) is 0 Å². The van der Waals surface area contributed by atoms with Crippen LogP contribution in [0.15, 0.2) is 28.7 Å². The molecule has 0 fully saturated rings. The lowest BCUT2D eigenvalue weighted by Crippen LogP contribution is -2.06. The molecule has 2 aromatic rings. The van der Waals surface area contributed by atoms with Gasteiger partial charge in [-0.15, -0.1) is 11.3 Å². The van der Waals surface area contributed by atoms with Gasteiger partial charge in [-0.05, 0) is 20.0 Å². The number of thiazole rings is 1. The topological polar surface area (TPSA) is 24.9 Å². The second-order valence-corrected chi connectivity index (χ2v) is 5.58. The molecule has 4 heteroatoms. The summed E-state index contributed by atoms with van der Waals surface area (Å²) in [7, 11) is 1.94. The first-order chi connectivity index (χ1) is 7.72. The number of benzene rings is 1. The first kappa shape index (κ1) is 11.8. The third-order valence-electron chi connectivity index (χ3n) is 2.27. The lowest BCUT2D eigenvalue weighted by Gasteiger charge is -2.03. The zero-order valence-electron chi connectivity index (χ0n) is 9.25. The second kappa shape index (κ2) is 5.08. The van der Waals surface area contributed by atoms with Gasteiger partial charge < -0.3 is 5.32 Å². The number of hydrogen-bond donors (Lipinski definition) is 1. The monoisotopic (exact) mass is 296 g/mol. The van der Waals surface area contributed by atoms with Crippen LogP contribution in [0.4, 0.5) is 0 Å². The molecule has 1 heterocycles. The molecule has 0 aliphatic rings. The lowest BCUT2D eigenvalue weighted by atomic mass is 10.1. The average molecular weight is 297 g/mol. The van der Waals surface area contributed by atoms with Crippen LogP contribution in [0.25, 0.3) is 10.4 Å². The lowest BCUT2D eigenvalue weighted by molar-refractivity contribution is 0.796. The molecular formula is C12H13BrN2S. The molecule has 0 saturated carbocycles. The molecule has 0 unspecified atom stereocenters. The molecule has 0 aliphatic heterocycles. The van der Waals surface area contributed by atoms with Crippen molar-refractivity contribution in [2.75, 3.05) is 7.05 Å². The molecule has 2 rings (SSSR count). The minimum Gasteiger partial charge on any atom is -0.314 e. The first-order valence-corrected chi connectivity index (χ1v) is 6.69. The van der Waals surface area contributed by atoms with Gasteiger partial charge >= 0.3 is 0 Å². The van der Waals surface area contributed by atoms with Crippen LogP contribution in [0, 0.1) is 6.92 Å². The summed E-state index contributed by atoms with van der Waals surface area (Å²) in [5.41, 5.74) is 2.34. The highest BCUT2D eigenvalue weighted by Crippen LogP contribution is 2.34. The summed E-state index contributed by atoms with van der Waals surface area (Å²) >= 11 is 5.33. The van der Waals surface area contributed by atoms with Crippen LogP contribution in [0.3, 0.4) is 0 Å². The maximum absolute atomic E-state index is 4.55. The van der Waals surface area contributed by atoms with Crippen LogP contribution in [0.5, 0.6) is 0 Å². The van der Waals surface area contributed by atoms with E-state index in [1.807, 2.05) is 20.0 Å². The van der Waals surface area contributed by atoms with Crippen LogP contribution < -0.4 is 5.32 Å². The van der Waals surface area contributed by atoms with E-state index in [2.05, 4.69) is 44.4 Å². The van der Waals surface area contributed by atoms with Crippen molar-refractivity contribution >= 4 is 27.3 Å². The van der Waals surface area contributed by atoms with Gasteiger partial charge in [0.2, 0.25) is 0 Å². The minimum absolute atomic E-state index is 0.807. The van der Waals surface area contributed by atoms with Gasteiger partial charge in [-0.25, -0.2) is 4.98 Å². The number of rotatable bonds is 3. The smallest absolute Gasteiger partial charge is 0.0904 e. The van der Waals surface area contributed by atoms with Crippen LogP contribution in [0.1, 0.15) is 10.7 Å². The SMILES string of the molecule is CNCc1nc(C)sc1-c1ccccc1Br. The number of halogens is 1. The Hall–Kier alpha value is -0.710. The molecule has 0 bridgehead atoms. The fraction of sp³-hybridized carbons (Fsp3) is 0.250. The molecule has 1 aromatic heterocycles. The number of aromatic nitrogens is 1. The Balaban J connectivity index is 2.51. The summed E-state index contributed by atoms with van der Waals surface area (Å²) in [6.07, 6.45) is 0. The van der Waals surface area contributed by atoms with Gasteiger partial charge in [0.15, 0.2) is 0 Å². The molecule has 0 atom stereocenters. The fourth-order valence-electron chi connectivity index (χ4n) is 1.61. The standard InChI is InChI=1S/C12H13BrN2S/c1-8-15-11(7-14-2)12(16-8)9-5-3-4-6-10(9)13/h3-6,14H,7H2,1-2H3. The quantitative estimate of drug-likeness (QED) is 0.936. The Labute approximate surface area is 108 Å². The van der Waals surface area contributed by atoms with E-state index in [9.17, 15) is 0 Å². The van der Waals surface area contributed by atoms with Gasteiger partial charge in [-0.3, -0.25) is 0 Å². The van der Waals surface area contributed by atoms with Crippen LogP contribution in [-0.2, 0) is 6.54 Å². The highest BCUT2D eigenvalue weighted by atomic mass is 79.9. The van der Waals surface area contributed by atoms with E-state index in [-0.39, 0.29) is 0 Å². The predicted molar refractivity (Wildman–Crippen MR) is 72.8 cm³/mol. The van der Waals surface area contributed by atoms with Crippen molar-refractivity contribution in [2.45, 2.75) is 13.5 Å². The van der Waals surface area contributed by atoms with Crippen molar-refractivity contribution in [1.82, 2.24) is 10.3 Å². The molecule has 0 amide bonds. The molecule has 1 aromatic carbocycles. The number of hydrogen-bond acceptors (Lipinski definition) is 3. The van der Waals surface area contributed by atoms with E-state index in [4.69, 9.17) is 0 Å². The maximum Gasteiger partial charge on any atom is 0.0904 e. The highest BCUT2D eigenvalue weighted by Gasteiger charge is 2.12. The van der Waals surface area contributed by atoms with Crippen molar-refractivity contribution in [3.8, 4) is 10.4 Å². The number of aryl methyl sites for hydroxylation is 1. The van der Waals surface area contributed by atoms with Crippen LogP contribution in [-0.4, -0.2) is 12.0 Å². The highest BCUT2D eigenvalue weighted by molar-refractivity contribution is 9.10. The van der Waals surface area contributed by atoms with Gasteiger partial charge in [-0.1, -0.05) is 34.1 Å². The Morgan fingerprint density at radius 2 is 2.12 bits per heavy atom. The van der Waals surface area contributed by atoms with Crippen molar-refractivity contribution in [3.63, 3.8) is 0 Å². The molecule has 1 N–H and O–H groups in total. The van der Waals surface area contributed by atoms with E-state index in [1.165, 1.54) is 10.4 Å². The minimum atomic E-state index is 0.807. The summed E-state index contributed by atoms with van der Waals surface area (Å²) in [4.78, 5) is 5.80. The molecular weight excluding hydrogens is 284 g/mol. The van der Waals surface area contributed by atoms with E-state index in [0.29, 0.717) is 0 Å². The maximum atomic E-state index is 4.55. The van der Waals surface area contributed by atoms with Gasteiger partial charge in [0.25, 0.3) is 0 Å². The summed E-state index contributed by atoms with van der Waals surface area (Å²) in [5.74, 6) is 0. The molecule has 0 aliphatic carbocycles. The summed E-state index contributed by atoms with van der Waals surface area (Å²) in [6.45, 7) is 2.85. The van der Waals surface area contributed by atoms with Crippen molar-refractivity contribution in [3.05, 3.63) is 39.4 Å². The van der Waals surface area contributed by atoms with Gasteiger partial charge in [0.05, 0.1) is 15.6 Å². The van der Waals surface area contributed by atoms with Crippen molar-refractivity contribution in [2.24, 2.45) is 0 Å². The molecule has 16 heavy (non-hydrogen) atoms. The van der Waals surface area contributed by atoms with Crippen molar-refractivity contribution < 1.29 is 0 Å².